The van der Waals surface area contributed by atoms with Gasteiger partial charge in [0.15, 0.2) is 0 Å². The summed E-state index contributed by atoms with van der Waals surface area (Å²) in [6.07, 6.45) is 4.60. The smallest absolute Gasteiger partial charge is 0.234 e. The van der Waals surface area contributed by atoms with Crippen molar-refractivity contribution in [2.24, 2.45) is 4.99 Å². The monoisotopic (exact) mass is 166 g/mol. The fourth-order valence-corrected chi connectivity index (χ4v) is 0.823. The second-order valence-electron chi connectivity index (χ2n) is 2.23. The van der Waals surface area contributed by atoms with E-state index in [9.17, 15) is 9.18 Å². The van der Waals surface area contributed by atoms with Crippen LogP contribution in [-0.4, -0.2) is 17.6 Å². The topological polar surface area (TPSA) is 42.3 Å². The highest BCUT2D eigenvalue weighted by Gasteiger charge is 1.94. The van der Waals surface area contributed by atoms with Crippen molar-refractivity contribution < 1.29 is 9.18 Å². The Morgan fingerprint density at radius 2 is 2.42 bits per heavy atom. The first-order chi connectivity index (χ1) is 5.83. The van der Waals surface area contributed by atoms with Crippen molar-refractivity contribution in [2.45, 2.75) is 6.42 Å². The van der Waals surface area contributed by atoms with Crippen LogP contribution in [0.15, 0.2) is 23.5 Å². The Labute approximate surface area is 69.0 Å². The van der Waals surface area contributed by atoms with E-state index < -0.39 is 0 Å². The molecule has 0 fully saturated rings. The molecule has 0 amide bonds. The highest BCUT2D eigenvalue weighted by molar-refractivity contribution is 5.32. The lowest BCUT2D eigenvalue weighted by Crippen LogP contribution is -1.91. The minimum absolute atomic E-state index is 0.328. The van der Waals surface area contributed by atoms with Gasteiger partial charge in [-0.1, -0.05) is 0 Å². The molecule has 0 aliphatic rings. The number of nitrogens with zero attached hydrogens (tertiary/aromatic N) is 2. The van der Waals surface area contributed by atoms with Crippen LogP contribution in [0.4, 0.5) is 4.39 Å². The molecule has 0 unspecified atom stereocenters. The molecule has 1 aromatic rings. The Hall–Kier alpha value is -1.54. The zero-order valence-corrected chi connectivity index (χ0v) is 6.33. The summed E-state index contributed by atoms with van der Waals surface area (Å²) in [6, 6.07) is 1.37. The first kappa shape index (κ1) is 8.56. The highest BCUT2D eigenvalue weighted by Crippen LogP contribution is 2.01. The number of isocyanates is 1. The molecule has 0 bridgehead atoms. The molecule has 0 N–H and O–H groups in total. The summed E-state index contributed by atoms with van der Waals surface area (Å²) in [5, 5.41) is 0. The molecule has 0 aliphatic carbocycles. The van der Waals surface area contributed by atoms with Gasteiger partial charge in [-0.05, 0) is 18.1 Å². The highest BCUT2D eigenvalue weighted by atomic mass is 19.1. The molecule has 0 aliphatic heterocycles. The van der Waals surface area contributed by atoms with E-state index in [4.69, 9.17) is 0 Å². The standard InChI is InChI=1S/C8H7FN2O/c9-8-3-7(4-11-5-8)1-2-10-6-12/h3-5H,1-2H2. The second kappa shape index (κ2) is 4.36. The predicted molar refractivity (Wildman–Crippen MR) is 40.9 cm³/mol. The lowest BCUT2D eigenvalue weighted by molar-refractivity contribution is 0.563. The summed E-state index contributed by atoms with van der Waals surface area (Å²) >= 11 is 0. The summed E-state index contributed by atoms with van der Waals surface area (Å²) in [5.41, 5.74) is 0.731. The van der Waals surface area contributed by atoms with Gasteiger partial charge in [0.1, 0.15) is 5.82 Å². The van der Waals surface area contributed by atoms with Gasteiger partial charge in [0.25, 0.3) is 0 Å². The van der Waals surface area contributed by atoms with E-state index in [0.717, 1.165) is 11.8 Å². The molecular formula is C8H7FN2O. The molecule has 0 aromatic carbocycles. The summed E-state index contributed by atoms with van der Waals surface area (Å²) in [6.45, 7) is 0.328. The van der Waals surface area contributed by atoms with Gasteiger partial charge in [-0.2, -0.15) is 0 Å². The third kappa shape index (κ3) is 2.60. The SMILES string of the molecule is O=C=NCCc1cncc(F)c1. The molecule has 0 saturated heterocycles. The lowest BCUT2D eigenvalue weighted by atomic mass is 10.2. The van der Waals surface area contributed by atoms with Gasteiger partial charge in [-0.3, -0.25) is 4.98 Å². The predicted octanol–water partition coefficient (Wildman–Crippen LogP) is 1.10. The molecule has 0 radical (unpaired) electrons. The molecule has 0 saturated carbocycles. The van der Waals surface area contributed by atoms with Gasteiger partial charge in [-0.15, -0.1) is 0 Å². The van der Waals surface area contributed by atoms with Gasteiger partial charge >= 0.3 is 0 Å². The van der Waals surface area contributed by atoms with E-state index in [-0.39, 0.29) is 5.82 Å². The van der Waals surface area contributed by atoms with Crippen molar-refractivity contribution in [3.05, 3.63) is 29.8 Å². The third-order valence-electron chi connectivity index (χ3n) is 1.34. The van der Waals surface area contributed by atoms with Crippen molar-refractivity contribution in [3.63, 3.8) is 0 Å². The maximum absolute atomic E-state index is 12.5. The number of hydrogen-bond donors (Lipinski definition) is 0. The summed E-state index contributed by atoms with van der Waals surface area (Å²) in [7, 11) is 0. The van der Waals surface area contributed by atoms with Crippen LogP contribution in [0.2, 0.25) is 0 Å². The molecule has 0 atom stereocenters. The fourth-order valence-electron chi connectivity index (χ4n) is 0.823. The Morgan fingerprint density at radius 3 is 3.08 bits per heavy atom. The summed E-state index contributed by atoms with van der Waals surface area (Å²) in [5.74, 6) is -0.373. The first-order valence-electron chi connectivity index (χ1n) is 3.46. The fraction of sp³-hybridized carbons (Fsp3) is 0.250. The molecule has 1 heterocycles. The van der Waals surface area contributed by atoms with Crippen LogP contribution in [-0.2, 0) is 11.2 Å². The number of halogens is 1. The van der Waals surface area contributed by atoms with Crippen LogP contribution in [0.1, 0.15) is 5.56 Å². The molecular weight excluding hydrogens is 159 g/mol. The summed E-state index contributed by atoms with van der Waals surface area (Å²) < 4.78 is 12.5. The lowest BCUT2D eigenvalue weighted by Gasteiger charge is -1.95. The number of aliphatic imine (C=N–C) groups is 1. The minimum atomic E-state index is -0.373. The molecule has 12 heavy (non-hydrogen) atoms. The maximum atomic E-state index is 12.5. The van der Waals surface area contributed by atoms with Gasteiger partial charge in [0, 0.05) is 6.20 Å². The number of aromatic nitrogens is 1. The quantitative estimate of drug-likeness (QED) is 0.498. The van der Waals surface area contributed by atoms with Gasteiger partial charge in [-0.25, -0.2) is 14.2 Å². The van der Waals surface area contributed by atoms with Gasteiger partial charge in [0.2, 0.25) is 6.08 Å². The number of carbonyl (C=O) groups excluding carboxylic acids is 1. The third-order valence-corrected chi connectivity index (χ3v) is 1.34. The Kier molecular flexibility index (Phi) is 3.11. The number of rotatable bonds is 3. The van der Waals surface area contributed by atoms with E-state index in [1.807, 2.05) is 0 Å². The molecule has 1 rings (SSSR count). The van der Waals surface area contributed by atoms with Crippen LogP contribution in [0.25, 0.3) is 0 Å². The molecule has 3 nitrogen and oxygen atoms in total. The Bertz CT molecular complexity index is 308. The van der Waals surface area contributed by atoms with E-state index in [1.54, 1.807) is 6.20 Å². The van der Waals surface area contributed by atoms with Crippen LogP contribution < -0.4 is 0 Å². The zero-order chi connectivity index (χ0) is 8.81. The zero-order valence-electron chi connectivity index (χ0n) is 6.33. The minimum Gasteiger partial charge on any atom is -0.261 e. The molecule has 1 aromatic heterocycles. The molecule has 0 spiro atoms. The van der Waals surface area contributed by atoms with E-state index in [2.05, 4.69) is 9.98 Å². The first-order valence-corrected chi connectivity index (χ1v) is 3.46. The van der Waals surface area contributed by atoms with E-state index in [0.29, 0.717) is 13.0 Å². The van der Waals surface area contributed by atoms with Crippen LogP contribution in [0.5, 0.6) is 0 Å². The largest absolute Gasteiger partial charge is 0.261 e. The Balaban J connectivity index is 2.57. The van der Waals surface area contributed by atoms with Crippen molar-refractivity contribution in [3.8, 4) is 0 Å². The maximum Gasteiger partial charge on any atom is 0.234 e. The van der Waals surface area contributed by atoms with Crippen molar-refractivity contribution in [1.29, 1.82) is 0 Å². The Morgan fingerprint density at radius 1 is 1.58 bits per heavy atom. The summed E-state index contributed by atoms with van der Waals surface area (Å²) in [4.78, 5) is 16.7. The van der Waals surface area contributed by atoms with Crippen molar-refractivity contribution in [2.75, 3.05) is 6.54 Å². The van der Waals surface area contributed by atoms with Crippen LogP contribution in [0, 0.1) is 5.82 Å². The van der Waals surface area contributed by atoms with Gasteiger partial charge in [0.05, 0.1) is 12.7 Å². The number of hydrogen-bond acceptors (Lipinski definition) is 3. The van der Waals surface area contributed by atoms with E-state index in [1.165, 1.54) is 12.1 Å². The van der Waals surface area contributed by atoms with E-state index >= 15 is 0 Å². The number of pyridine rings is 1. The average Bonchev–Trinajstić information content (AvgIpc) is 2.05. The average molecular weight is 166 g/mol. The second-order valence-corrected chi connectivity index (χ2v) is 2.23. The van der Waals surface area contributed by atoms with Crippen LogP contribution >= 0.6 is 0 Å². The van der Waals surface area contributed by atoms with Crippen molar-refractivity contribution >= 4 is 6.08 Å². The van der Waals surface area contributed by atoms with Crippen LogP contribution in [0.3, 0.4) is 0 Å². The molecule has 62 valence electrons. The van der Waals surface area contributed by atoms with Crippen molar-refractivity contribution in [1.82, 2.24) is 4.98 Å². The molecule has 4 heteroatoms. The van der Waals surface area contributed by atoms with Gasteiger partial charge < -0.3 is 0 Å². The normalized spacial score (nSPS) is 9.08.